The molecular weight excluding hydrogens is 332 g/mol. The monoisotopic (exact) mass is 346 g/mol. The third kappa shape index (κ3) is 2.86. The Balaban J connectivity index is 1.79. The van der Waals surface area contributed by atoms with Gasteiger partial charge in [0.15, 0.2) is 5.58 Å². The average molecular weight is 346 g/mol. The van der Waals surface area contributed by atoms with Crippen LogP contribution in [0.15, 0.2) is 59.0 Å². The highest BCUT2D eigenvalue weighted by atomic mass is 16.4. The van der Waals surface area contributed by atoms with E-state index in [1.54, 1.807) is 19.1 Å². The second-order valence-electron chi connectivity index (χ2n) is 5.64. The zero-order chi connectivity index (χ0) is 18.1. The SMILES string of the molecule is Cc1nc(Nc2nc3ccccc3o2)nc(-c2ccccc2)c1C(=O)O. The summed E-state index contributed by atoms with van der Waals surface area (Å²) in [7, 11) is 0. The number of para-hydroxylation sites is 2. The molecule has 0 saturated carbocycles. The maximum atomic E-state index is 11.7. The molecule has 4 aromatic rings. The third-order valence-corrected chi connectivity index (χ3v) is 3.86. The summed E-state index contributed by atoms with van der Waals surface area (Å²) >= 11 is 0. The minimum absolute atomic E-state index is 0.0688. The summed E-state index contributed by atoms with van der Waals surface area (Å²) in [5.41, 5.74) is 2.79. The number of carbonyl (C=O) groups is 1. The summed E-state index contributed by atoms with van der Waals surface area (Å²) in [6.07, 6.45) is 0. The van der Waals surface area contributed by atoms with Gasteiger partial charge in [-0.25, -0.2) is 14.8 Å². The van der Waals surface area contributed by atoms with Gasteiger partial charge >= 0.3 is 12.0 Å². The molecule has 0 fully saturated rings. The van der Waals surface area contributed by atoms with Crippen LogP contribution in [-0.4, -0.2) is 26.0 Å². The fourth-order valence-corrected chi connectivity index (χ4v) is 2.71. The highest BCUT2D eigenvalue weighted by molar-refractivity contribution is 5.96. The van der Waals surface area contributed by atoms with Crippen LogP contribution in [0.25, 0.3) is 22.4 Å². The number of aryl methyl sites for hydroxylation is 1. The molecule has 7 nitrogen and oxygen atoms in total. The van der Waals surface area contributed by atoms with Gasteiger partial charge in [0.2, 0.25) is 5.95 Å². The van der Waals surface area contributed by atoms with Crippen molar-refractivity contribution in [1.82, 2.24) is 15.0 Å². The molecule has 0 aliphatic rings. The van der Waals surface area contributed by atoms with Gasteiger partial charge in [0.25, 0.3) is 0 Å². The Hall–Kier alpha value is -3.74. The van der Waals surface area contributed by atoms with E-state index < -0.39 is 5.97 Å². The Kier molecular flexibility index (Phi) is 3.81. The van der Waals surface area contributed by atoms with Crippen molar-refractivity contribution in [2.75, 3.05) is 5.32 Å². The van der Waals surface area contributed by atoms with Crippen molar-refractivity contribution in [2.45, 2.75) is 6.92 Å². The predicted molar refractivity (Wildman–Crippen MR) is 96.5 cm³/mol. The Morgan fingerprint density at radius 2 is 1.73 bits per heavy atom. The van der Waals surface area contributed by atoms with E-state index >= 15 is 0 Å². The molecule has 2 aromatic carbocycles. The van der Waals surface area contributed by atoms with Crippen molar-refractivity contribution >= 4 is 29.0 Å². The molecule has 2 heterocycles. The first-order valence-corrected chi connectivity index (χ1v) is 7.92. The topological polar surface area (TPSA) is 101 Å². The van der Waals surface area contributed by atoms with Crippen LogP contribution in [0.1, 0.15) is 16.1 Å². The molecule has 2 aromatic heterocycles. The number of hydrogen-bond acceptors (Lipinski definition) is 6. The molecule has 0 bridgehead atoms. The zero-order valence-corrected chi connectivity index (χ0v) is 13.8. The second-order valence-corrected chi connectivity index (χ2v) is 5.64. The molecule has 0 radical (unpaired) electrons. The quantitative estimate of drug-likeness (QED) is 0.575. The number of benzene rings is 2. The third-order valence-electron chi connectivity index (χ3n) is 3.86. The highest BCUT2D eigenvalue weighted by Gasteiger charge is 2.20. The standard InChI is InChI=1S/C19H14N4O3/c1-11-15(17(24)25)16(12-7-3-2-4-8-12)22-18(20-11)23-19-21-13-9-5-6-10-14(13)26-19/h2-10H,1H3,(H,24,25)(H,20,21,22,23). The summed E-state index contributed by atoms with van der Waals surface area (Å²) < 4.78 is 5.62. The summed E-state index contributed by atoms with van der Waals surface area (Å²) in [6.45, 7) is 1.63. The van der Waals surface area contributed by atoms with Crippen molar-refractivity contribution < 1.29 is 14.3 Å². The van der Waals surface area contributed by atoms with Crippen LogP contribution in [0.5, 0.6) is 0 Å². The number of anilines is 2. The first-order chi connectivity index (χ1) is 12.6. The summed E-state index contributed by atoms with van der Waals surface area (Å²) in [5, 5.41) is 12.5. The van der Waals surface area contributed by atoms with Crippen LogP contribution in [0.4, 0.5) is 12.0 Å². The fraction of sp³-hybridized carbons (Fsp3) is 0.0526. The van der Waals surface area contributed by atoms with Gasteiger partial charge < -0.3 is 9.52 Å². The normalized spacial score (nSPS) is 10.8. The largest absolute Gasteiger partial charge is 0.478 e. The molecule has 0 saturated heterocycles. The number of nitrogens with zero attached hydrogens (tertiary/aromatic N) is 3. The van der Waals surface area contributed by atoms with Crippen LogP contribution in [0.3, 0.4) is 0 Å². The Labute approximate surface area is 148 Å². The first-order valence-electron chi connectivity index (χ1n) is 7.92. The molecule has 0 atom stereocenters. The number of carboxylic acids is 1. The average Bonchev–Trinajstić information content (AvgIpc) is 3.03. The van der Waals surface area contributed by atoms with E-state index in [1.165, 1.54) is 0 Å². The van der Waals surface area contributed by atoms with Crippen molar-refractivity contribution in [3.63, 3.8) is 0 Å². The molecule has 26 heavy (non-hydrogen) atoms. The van der Waals surface area contributed by atoms with Crippen molar-refractivity contribution in [1.29, 1.82) is 0 Å². The number of carboxylic acid groups (broad SMARTS) is 1. The smallest absolute Gasteiger partial charge is 0.339 e. The van der Waals surface area contributed by atoms with E-state index in [2.05, 4.69) is 20.3 Å². The number of aromatic nitrogens is 3. The van der Waals surface area contributed by atoms with Crippen LogP contribution in [0, 0.1) is 6.92 Å². The van der Waals surface area contributed by atoms with Crippen molar-refractivity contribution in [3.05, 3.63) is 65.9 Å². The molecular formula is C19H14N4O3. The van der Waals surface area contributed by atoms with Gasteiger partial charge in [0, 0.05) is 5.56 Å². The van der Waals surface area contributed by atoms with Gasteiger partial charge in [0.1, 0.15) is 11.1 Å². The summed E-state index contributed by atoms with van der Waals surface area (Å²) in [5.74, 6) is -0.854. The molecule has 0 unspecified atom stereocenters. The van der Waals surface area contributed by atoms with E-state index in [0.717, 1.165) is 0 Å². The Bertz CT molecular complexity index is 1070. The number of rotatable bonds is 4. The molecule has 0 amide bonds. The zero-order valence-electron chi connectivity index (χ0n) is 13.8. The lowest BCUT2D eigenvalue weighted by atomic mass is 10.0. The second kappa shape index (κ2) is 6.29. The van der Waals surface area contributed by atoms with E-state index in [1.807, 2.05) is 42.5 Å². The van der Waals surface area contributed by atoms with Gasteiger partial charge in [-0.05, 0) is 19.1 Å². The Morgan fingerprint density at radius 3 is 2.46 bits per heavy atom. The molecule has 0 aliphatic carbocycles. The lowest BCUT2D eigenvalue weighted by Gasteiger charge is -2.10. The van der Waals surface area contributed by atoms with Gasteiger partial charge in [0.05, 0.1) is 11.4 Å². The van der Waals surface area contributed by atoms with Crippen molar-refractivity contribution in [3.8, 4) is 11.3 Å². The molecule has 0 aliphatic heterocycles. The lowest BCUT2D eigenvalue weighted by molar-refractivity contribution is 0.0696. The number of aromatic carboxylic acids is 1. The molecule has 7 heteroatoms. The number of hydrogen-bond donors (Lipinski definition) is 2. The minimum Gasteiger partial charge on any atom is -0.478 e. The highest BCUT2D eigenvalue weighted by Crippen LogP contribution is 2.26. The number of oxazole rings is 1. The van der Waals surface area contributed by atoms with Crippen LogP contribution < -0.4 is 5.32 Å². The van der Waals surface area contributed by atoms with Crippen LogP contribution in [-0.2, 0) is 0 Å². The summed E-state index contributed by atoms with van der Waals surface area (Å²) in [6, 6.07) is 16.7. The molecule has 4 rings (SSSR count). The minimum atomic E-state index is -1.07. The van der Waals surface area contributed by atoms with Gasteiger partial charge in [-0.2, -0.15) is 4.98 Å². The molecule has 0 spiro atoms. The maximum absolute atomic E-state index is 11.7. The maximum Gasteiger partial charge on any atom is 0.339 e. The molecule has 128 valence electrons. The van der Waals surface area contributed by atoms with Crippen molar-refractivity contribution in [2.24, 2.45) is 0 Å². The fourth-order valence-electron chi connectivity index (χ4n) is 2.71. The van der Waals surface area contributed by atoms with Gasteiger partial charge in [-0.1, -0.05) is 42.5 Å². The first kappa shape index (κ1) is 15.8. The van der Waals surface area contributed by atoms with Crippen LogP contribution in [0.2, 0.25) is 0 Å². The summed E-state index contributed by atoms with van der Waals surface area (Å²) in [4.78, 5) is 24.6. The van der Waals surface area contributed by atoms with Crippen LogP contribution >= 0.6 is 0 Å². The number of fused-ring (bicyclic) bond motifs is 1. The van der Waals surface area contributed by atoms with Gasteiger partial charge in [-0.3, -0.25) is 5.32 Å². The predicted octanol–water partition coefficient (Wildman–Crippen LogP) is 4.04. The van der Waals surface area contributed by atoms with E-state index in [0.29, 0.717) is 28.1 Å². The van der Waals surface area contributed by atoms with E-state index in [4.69, 9.17) is 4.42 Å². The number of nitrogens with one attached hydrogen (secondary N) is 1. The molecule has 2 N–H and O–H groups in total. The van der Waals surface area contributed by atoms with E-state index in [9.17, 15) is 9.90 Å². The van der Waals surface area contributed by atoms with E-state index in [-0.39, 0.29) is 17.5 Å². The Morgan fingerprint density at radius 1 is 1.00 bits per heavy atom. The lowest BCUT2D eigenvalue weighted by Crippen LogP contribution is -2.10. The van der Waals surface area contributed by atoms with Gasteiger partial charge in [-0.15, -0.1) is 0 Å².